The van der Waals surface area contributed by atoms with Gasteiger partial charge in [-0.2, -0.15) is 0 Å². The van der Waals surface area contributed by atoms with Crippen molar-refractivity contribution >= 4 is 11.5 Å². The Kier molecular flexibility index (Phi) is 2.79. The summed E-state index contributed by atoms with van der Waals surface area (Å²) in [4.78, 5) is 8.67. The molecule has 0 atom stereocenters. The summed E-state index contributed by atoms with van der Waals surface area (Å²) < 4.78 is 10.5. The first-order valence-electron chi connectivity index (χ1n) is 5.90. The number of aryl methyl sites for hydroxylation is 1. The summed E-state index contributed by atoms with van der Waals surface area (Å²) >= 11 is 0. The first-order valence-corrected chi connectivity index (χ1v) is 5.90. The zero-order chi connectivity index (χ0) is 13.2. The van der Waals surface area contributed by atoms with Crippen molar-refractivity contribution in [3.8, 4) is 11.5 Å². The van der Waals surface area contributed by atoms with E-state index >= 15 is 0 Å². The summed E-state index contributed by atoms with van der Waals surface area (Å²) in [7, 11) is 0. The van der Waals surface area contributed by atoms with Crippen LogP contribution in [0.3, 0.4) is 0 Å². The van der Waals surface area contributed by atoms with Gasteiger partial charge in [0.05, 0.1) is 5.69 Å². The molecule has 96 valence electrons. The lowest BCUT2D eigenvalue weighted by Gasteiger charge is -2.02. The van der Waals surface area contributed by atoms with Gasteiger partial charge in [-0.15, -0.1) is 0 Å². The number of fused-ring (bicyclic) bond motifs is 1. The average molecular weight is 255 g/mol. The standard InChI is InChI=1S/C14H13N3O2/c1-9-3-2-4-11(16-9)14(15)17-10-5-6-12-13(7-10)19-8-18-12/h2-7H,8H2,1H3,(H2,15,17). The Morgan fingerprint density at radius 2 is 2.05 bits per heavy atom. The average Bonchev–Trinajstić information content (AvgIpc) is 2.86. The second kappa shape index (κ2) is 4.61. The van der Waals surface area contributed by atoms with Gasteiger partial charge >= 0.3 is 0 Å². The zero-order valence-electron chi connectivity index (χ0n) is 10.5. The molecule has 1 aliphatic heterocycles. The molecule has 2 aromatic rings. The van der Waals surface area contributed by atoms with E-state index in [0.717, 1.165) is 11.4 Å². The van der Waals surface area contributed by atoms with Gasteiger partial charge in [0.15, 0.2) is 11.5 Å². The molecule has 5 nitrogen and oxygen atoms in total. The van der Waals surface area contributed by atoms with Crippen LogP contribution in [0.1, 0.15) is 11.4 Å². The number of ether oxygens (including phenoxy) is 2. The molecule has 0 saturated carbocycles. The maximum atomic E-state index is 5.96. The lowest BCUT2D eigenvalue weighted by Crippen LogP contribution is -2.14. The van der Waals surface area contributed by atoms with Gasteiger partial charge in [-0.25, -0.2) is 9.98 Å². The number of hydrogen-bond donors (Lipinski definition) is 1. The van der Waals surface area contributed by atoms with Crippen molar-refractivity contribution in [3.05, 3.63) is 47.8 Å². The highest BCUT2D eigenvalue weighted by Crippen LogP contribution is 2.35. The molecule has 0 saturated heterocycles. The maximum Gasteiger partial charge on any atom is 0.231 e. The molecule has 1 aromatic heterocycles. The number of amidine groups is 1. The third-order valence-electron chi connectivity index (χ3n) is 2.76. The number of hydrogen-bond acceptors (Lipinski definition) is 4. The Morgan fingerprint density at radius 3 is 2.89 bits per heavy atom. The van der Waals surface area contributed by atoms with E-state index in [-0.39, 0.29) is 6.79 Å². The van der Waals surface area contributed by atoms with Crippen molar-refractivity contribution in [2.24, 2.45) is 10.7 Å². The Balaban J connectivity index is 1.93. The molecule has 0 fully saturated rings. The molecule has 0 spiro atoms. The van der Waals surface area contributed by atoms with E-state index < -0.39 is 0 Å². The molecule has 19 heavy (non-hydrogen) atoms. The molecule has 2 N–H and O–H groups in total. The highest BCUT2D eigenvalue weighted by Gasteiger charge is 2.13. The van der Waals surface area contributed by atoms with Crippen LogP contribution in [-0.4, -0.2) is 17.6 Å². The van der Waals surface area contributed by atoms with Gasteiger partial charge < -0.3 is 15.2 Å². The Labute approximate surface area is 110 Å². The van der Waals surface area contributed by atoms with Gasteiger partial charge in [-0.3, -0.25) is 0 Å². The quantitative estimate of drug-likeness (QED) is 0.659. The highest BCUT2D eigenvalue weighted by atomic mass is 16.7. The zero-order valence-corrected chi connectivity index (χ0v) is 10.5. The van der Waals surface area contributed by atoms with Crippen LogP contribution in [0.15, 0.2) is 41.4 Å². The molecule has 0 radical (unpaired) electrons. The number of nitrogens with two attached hydrogens (primary N) is 1. The van der Waals surface area contributed by atoms with Crippen LogP contribution in [0.25, 0.3) is 0 Å². The highest BCUT2D eigenvalue weighted by molar-refractivity contribution is 5.97. The molecule has 1 aromatic carbocycles. The van der Waals surface area contributed by atoms with E-state index in [2.05, 4.69) is 9.98 Å². The summed E-state index contributed by atoms with van der Waals surface area (Å²) in [6.45, 7) is 2.16. The largest absolute Gasteiger partial charge is 0.454 e. The molecule has 0 unspecified atom stereocenters. The molecule has 2 heterocycles. The van der Waals surface area contributed by atoms with E-state index in [1.165, 1.54) is 0 Å². The number of benzene rings is 1. The first-order chi connectivity index (χ1) is 9.22. The SMILES string of the molecule is Cc1cccc(C(N)=Nc2ccc3c(c2)OCO3)n1. The second-order valence-electron chi connectivity index (χ2n) is 4.20. The minimum absolute atomic E-state index is 0.247. The molecular weight excluding hydrogens is 242 g/mol. The number of rotatable bonds is 2. The predicted octanol–water partition coefficient (Wildman–Crippen LogP) is 2.16. The first kappa shape index (κ1) is 11.5. The lowest BCUT2D eigenvalue weighted by molar-refractivity contribution is 0.174. The Hall–Kier alpha value is -2.56. The van der Waals surface area contributed by atoms with Gasteiger partial charge in [0.25, 0.3) is 0 Å². The fourth-order valence-corrected chi connectivity index (χ4v) is 1.84. The topological polar surface area (TPSA) is 69.7 Å². The van der Waals surface area contributed by atoms with Crippen LogP contribution >= 0.6 is 0 Å². The van der Waals surface area contributed by atoms with Crippen molar-refractivity contribution in [1.29, 1.82) is 0 Å². The summed E-state index contributed by atoms with van der Waals surface area (Å²) in [5.41, 5.74) is 8.24. The van der Waals surface area contributed by atoms with Gasteiger partial charge in [-0.05, 0) is 31.2 Å². The van der Waals surface area contributed by atoms with E-state index in [9.17, 15) is 0 Å². The van der Waals surface area contributed by atoms with E-state index in [0.29, 0.717) is 23.0 Å². The summed E-state index contributed by atoms with van der Waals surface area (Å²) in [6, 6.07) is 11.1. The lowest BCUT2D eigenvalue weighted by atomic mass is 10.2. The van der Waals surface area contributed by atoms with Crippen LogP contribution in [0.2, 0.25) is 0 Å². The third kappa shape index (κ3) is 2.35. The number of aliphatic imine (C=N–C) groups is 1. The monoisotopic (exact) mass is 255 g/mol. The fourth-order valence-electron chi connectivity index (χ4n) is 1.84. The van der Waals surface area contributed by atoms with Gasteiger partial charge in [0, 0.05) is 11.8 Å². The van der Waals surface area contributed by atoms with Crippen molar-refractivity contribution in [2.45, 2.75) is 6.92 Å². The smallest absolute Gasteiger partial charge is 0.231 e. The third-order valence-corrected chi connectivity index (χ3v) is 2.76. The normalized spacial score (nSPS) is 13.6. The van der Waals surface area contributed by atoms with Crippen LogP contribution in [0.4, 0.5) is 5.69 Å². The predicted molar refractivity (Wildman–Crippen MR) is 71.9 cm³/mol. The molecule has 1 aliphatic rings. The number of nitrogens with zero attached hydrogens (tertiary/aromatic N) is 2. The van der Waals surface area contributed by atoms with E-state index in [1.807, 2.05) is 37.3 Å². The van der Waals surface area contributed by atoms with Crippen LogP contribution in [-0.2, 0) is 0 Å². The number of aromatic nitrogens is 1. The second-order valence-corrected chi connectivity index (χ2v) is 4.20. The van der Waals surface area contributed by atoms with Crippen LogP contribution in [0, 0.1) is 6.92 Å². The van der Waals surface area contributed by atoms with Crippen LogP contribution < -0.4 is 15.2 Å². The molecular formula is C14H13N3O2. The van der Waals surface area contributed by atoms with Crippen LogP contribution in [0.5, 0.6) is 11.5 Å². The minimum atomic E-state index is 0.247. The summed E-state index contributed by atoms with van der Waals surface area (Å²) in [5, 5.41) is 0. The molecule has 5 heteroatoms. The Bertz CT molecular complexity index is 653. The van der Waals surface area contributed by atoms with E-state index in [4.69, 9.17) is 15.2 Å². The number of pyridine rings is 1. The molecule has 0 aliphatic carbocycles. The molecule has 0 amide bonds. The maximum absolute atomic E-state index is 5.96. The van der Waals surface area contributed by atoms with Gasteiger partial charge in [-0.1, -0.05) is 6.07 Å². The van der Waals surface area contributed by atoms with Crippen molar-refractivity contribution in [2.75, 3.05) is 6.79 Å². The van der Waals surface area contributed by atoms with E-state index in [1.54, 1.807) is 6.07 Å². The van der Waals surface area contributed by atoms with Gasteiger partial charge in [0.1, 0.15) is 11.5 Å². The van der Waals surface area contributed by atoms with Crippen molar-refractivity contribution in [3.63, 3.8) is 0 Å². The molecule has 0 bridgehead atoms. The van der Waals surface area contributed by atoms with Crippen molar-refractivity contribution < 1.29 is 9.47 Å². The molecule has 3 rings (SSSR count). The Morgan fingerprint density at radius 1 is 1.21 bits per heavy atom. The fraction of sp³-hybridized carbons (Fsp3) is 0.143. The summed E-state index contributed by atoms with van der Waals surface area (Å²) in [5.74, 6) is 1.79. The van der Waals surface area contributed by atoms with Gasteiger partial charge in [0.2, 0.25) is 6.79 Å². The summed E-state index contributed by atoms with van der Waals surface area (Å²) in [6.07, 6.45) is 0. The minimum Gasteiger partial charge on any atom is -0.454 e. The van der Waals surface area contributed by atoms with Crippen molar-refractivity contribution in [1.82, 2.24) is 4.98 Å².